The summed E-state index contributed by atoms with van der Waals surface area (Å²) in [4.78, 5) is 0. The van der Waals surface area contributed by atoms with Crippen molar-refractivity contribution in [1.29, 1.82) is 0 Å². The van der Waals surface area contributed by atoms with Crippen LogP contribution in [0.3, 0.4) is 0 Å². The molecule has 0 N–H and O–H groups in total. The van der Waals surface area contributed by atoms with Crippen LogP contribution in [0.1, 0.15) is 0 Å². The first kappa shape index (κ1) is 7.13. The Balaban J connectivity index is 2.94. The summed E-state index contributed by atoms with van der Waals surface area (Å²) in [6.07, 6.45) is 1.73. The highest BCUT2D eigenvalue weighted by molar-refractivity contribution is 9.10. The Hall–Kier alpha value is -0.540. The molecule has 0 bridgehead atoms. The van der Waals surface area contributed by atoms with E-state index in [9.17, 15) is 0 Å². The first-order valence-corrected chi connectivity index (χ1v) is 4.20. The Kier molecular flexibility index (Phi) is 1.62. The minimum absolute atomic E-state index is 0.918. The third-order valence-electron chi connectivity index (χ3n) is 1.52. The van der Waals surface area contributed by atoms with Crippen LogP contribution >= 0.6 is 27.7 Å². The van der Waals surface area contributed by atoms with Gasteiger partial charge in [0.25, 0.3) is 0 Å². The minimum atomic E-state index is 0.918. The van der Waals surface area contributed by atoms with Crippen molar-refractivity contribution in [1.82, 2.24) is 9.30 Å². The monoisotopic (exact) mass is 230 g/mol. The molecule has 0 aliphatic rings. The minimum Gasteiger partial charge on any atom is -0.172 e. The first-order chi connectivity index (χ1) is 5.29. The zero-order valence-electron chi connectivity index (χ0n) is 5.46. The van der Waals surface area contributed by atoms with Crippen molar-refractivity contribution in [2.24, 2.45) is 0 Å². The molecular formula is C7H4BrClN2. The van der Waals surface area contributed by atoms with Crippen molar-refractivity contribution in [3.05, 3.63) is 28.9 Å². The van der Waals surface area contributed by atoms with Gasteiger partial charge in [-0.3, -0.25) is 0 Å². The number of hydrogen-bond donors (Lipinski definition) is 0. The predicted molar refractivity (Wildman–Crippen MR) is 48.7 cm³/mol. The zero-order chi connectivity index (χ0) is 7.84. The van der Waals surface area contributed by atoms with Gasteiger partial charge in [-0.25, -0.2) is 0 Å². The summed E-state index contributed by atoms with van der Waals surface area (Å²) in [6, 6.07) is 5.80. The molecule has 0 saturated carbocycles. The van der Waals surface area contributed by atoms with Gasteiger partial charge in [-0.05, 0) is 12.1 Å². The van der Waals surface area contributed by atoms with Crippen LogP contribution in [-0.4, -0.2) is 9.30 Å². The van der Waals surface area contributed by atoms with E-state index in [2.05, 4.69) is 21.0 Å². The molecule has 0 radical (unpaired) electrons. The number of rotatable bonds is 0. The second-order valence-corrected chi connectivity index (χ2v) is 3.35. The molecule has 0 atom stereocenters. The van der Waals surface area contributed by atoms with Crippen LogP contribution in [0.4, 0.5) is 0 Å². The molecule has 0 aliphatic carbocycles. The van der Waals surface area contributed by atoms with Crippen molar-refractivity contribution in [3.8, 4) is 0 Å². The standard InChI is InChI=1S/C7H4BrClN2/c8-6-2-1-3-7-5(6)4-10-11(7)9/h1-4H. The molecule has 4 heteroatoms. The summed E-state index contributed by atoms with van der Waals surface area (Å²) in [6.45, 7) is 0. The topological polar surface area (TPSA) is 17.8 Å². The third-order valence-corrected chi connectivity index (χ3v) is 2.48. The lowest BCUT2D eigenvalue weighted by molar-refractivity contribution is 1.02. The summed E-state index contributed by atoms with van der Waals surface area (Å²) in [7, 11) is 0. The van der Waals surface area contributed by atoms with Gasteiger partial charge in [-0.1, -0.05) is 22.0 Å². The molecule has 0 amide bonds. The number of aromatic nitrogens is 2. The SMILES string of the molecule is Cln1ncc2c(Br)cccc21. The molecule has 0 saturated heterocycles. The Morgan fingerprint density at radius 3 is 3.00 bits per heavy atom. The quantitative estimate of drug-likeness (QED) is 0.682. The molecule has 2 rings (SSSR count). The van der Waals surface area contributed by atoms with E-state index in [1.54, 1.807) is 6.20 Å². The van der Waals surface area contributed by atoms with E-state index in [4.69, 9.17) is 11.8 Å². The molecule has 0 spiro atoms. The van der Waals surface area contributed by atoms with E-state index in [1.807, 2.05) is 18.2 Å². The summed E-state index contributed by atoms with van der Waals surface area (Å²) in [5, 5.41) is 4.94. The van der Waals surface area contributed by atoms with E-state index in [1.165, 1.54) is 4.20 Å². The second-order valence-electron chi connectivity index (χ2n) is 2.18. The van der Waals surface area contributed by atoms with Crippen molar-refractivity contribution >= 4 is 38.6 Å². The van der Waals surface area contributed by atoms with E-state index in [0.717, 1.165) is 15.4 Å². The highest BCUT2D eigenvalue weighted by Crippen LogP contribution is 2.23. The number of nitrogens with zero attached hydrogens (tertiary/aromatic N) is 2. The summed E-state index contributed by atoms with van der Waals surface area (Å²) in [5.41, 5.74) is 0.918. The Morgan fingerprint density at radius 2 is 2.27 bits per heavy atom. The van der Waals surface area contributed by atoms with Crippen molar-refractivity contribution in [2.45, 2.75) is 0 Å². The predicted octanol–water partition coefficient (Wildman–Crippen LogP) is 2.80. The average molecular weight is 231 g/mol. The lowest BCUT2D eigenvalue weighted by atomic mass is 10.3. The Morgan fingerprint density at radius 1 is 1.45 bits per heavy atom. The van der Waals surface area contributed by atoms with Gasteiger partial charge >= 0.3 is 0 Å². The number of halogens is 2. The molecule has 56 valence electrons. The normalized spacial score (nSPS) is 10.7. The van der Waals surface area contributed by atoms with Gasteiger partial charge in [0.15, 0.2) is 0 Å². The van der Waals surface area contributed by atoms with Crippen LogP contribution in [0.2, 0.25) is 0 Å². The first-order valence-electron chi connectivity index (χ1n) is 3.07. The Bertz CT molecular complexity index is 396. The maximum Gasteiger partial charge on any atom is 0.0882 e. The molecule has 1 heterocycles. The zero-order valence-corrected chi connectivity index (χ0v) is 7.80. The molecule has 11 heavy (non-hydrogen) atoms. The summed E-state index contributed by atoms with van der Waals surface area (Å²) in [5.74, 6) is 0. The molecule has 0 unspecified atom stereocenters. The van der Waals surface area contributed by atoms with Crippen molar-refractivity contribution in [3.63, 3.8) is 0 Å². The summed E-state index contributed by atoms with van der Waals surface area (Å²) < 4.78 is 2.35. The molecule has 2 aromatic rings. The van der Waals surface area contributed by atoms with Crippen LogP contribution in [0.25, 0.3) is 10.9 Å². The van der Waals surface area contributed by atoms with Gasteiger partial charge in [0.05, 0.1) is 11.7 Å². The van der Waals surface area contributed by atoms with Crippen LogP contribution in [-0.2, 0) is 0 Å². The maximum absolute atomic E-state index is 5.73. The lowest BCUT2D eigenvalue weighted by Crippen LogP contribution is -1.79. The number of benzene rings is 1. The molecule has 0 fully saturated rings. The van der Waals surface area contributed by atoms with Gasteiger partial charge in [-0.15, -0.1) is 0 Å². The molecule has 2 nitrogen and oxygen atoms in total. The number of hydrogen-bond acceptors (Lipinski definition) is 1. The van der Waals surface area contributed by atoms with Gasteiger partial charge in [0, 0.05) is 21.6 Å². The van der Waals surface area contributed by atoms with E-state index < -0.39 is 0 Å². The third kappa shape index (κ3) is 1.04. The Labute approximate surface area is 77.0 Å². The molecule has 1 aromatic carbocycles. The smallest absolute Gasteiger partial charge is 0.0882 e. The van der Waals surface area contributed by atoms with Crippen LogP contribution in [0.15, 0.2) is 28.9 Å². The van der Waals surface area contributed by atoms with E-state index in [0.29, 0.717) is 0 Å². The van der Waals surface area contributed by atoms with Gasteiger partial charge in [0.1, 0.15) is 0 Å². The lowest BCUT2D eigenvalue weighted by Gasteiger charge is -1.91. The van der Waals surface area contributed by atoms with Crippen LogP contribution in [0, 0.1) is 0 Å². The van der Waals surface area contributed by atoms with Gasteiger partial charge in [-0.2, -0.15) is 9.30 Å². The van der Waals surface area contributed by atoms with E-state index in [-0.39, 0.29) is 0 Å². The fourth-order valence-electron chi connectivity index (χ4n) is 0.985. The maximum atomic E-state index is 5.73. The highest BCUT2D eigenvalue weighted by atomic mass is 79.9. The fourth-order valence-corrected chi connectivity index (χ4v) is 1.63. The largest absolute Gasteiger partial charge is 0.172 e. The molecule has 1 aromatic heterocycles. The fraction of sp³-hybridized carbons (Fsp3) is 0. The second kappa shape index (κ2) is 2.50. The summed E-state index contributed by atoms with van der Waals surface area (Å²) >= 11 is 9.13. The van der Waals surface area contributed by atoms with Gasteiger partial charge < -0.3 is 0 Å². The van der Waals surface area contributed by atoms with Gasteiger partial charge in [0.2, 0.25) is 0 Å². The van der Waals surface area contributed by atoms with Crippen molar-refractivity contribution < 1.29 is 0 Å². The van der Waals surface area contributed by atoms with Crippen LogP contribution in [0.5, 0.6) is 0 Å². The van der Waals surface area contributed by atoms with Crippen molar-refractivity contribution in [2.75, 3.05) is 0 Å². The average Bonchev–Trinajstić information content (AvgIpc) is 2.35. The molecular weight excluding hydrogens is 227 g/mol. The highest BCUT2D eigenvalue weighted by Gasteiger charge is 2.01. The molecule has 0 aliphatic heterocycles. The van der Waals surface area contributed by atoms with Crippen LogP contribution < -0.4 is 0 Å². The van der Waals surface area contributed by atoms with E-state index >= 15 is 0 Å². The number of fused-ring (bicyclic) bond motifs is 1.